The summed E-state index contributed by atoms with van der Waals surface area (Å²) in [6.45, 7) is 2.79. The van der Waals surface area contributed by atoms with Crippen molar-refractivity contribution < 1.29 is 9.53 Å². The van der Waals surface area contributed by atoms with Gasteiger partial charge in [0.05, 0.1) is 29.6 Å². The number of nitrogens with zero attached hydrogens (tertiary/aromatic N) is 1. The number of carbonyl (C=O) groups is 1. The highest BCUT2D eigenvalue weighted by Gasteiger charge is 2.19. The van der Waals surface area contributed by atoms with Gasteiger partial charge in [-0.15, -0.1) is 0 Å². The second-order valence-electron chi connectivity index (χ2n) is 5.65. The number of benzene rings is 2. The van der Waals surface area contributed by atoms with Gasteiger partial charge in [0.15, 0.2) is 5.11 Å². The second kappa shape index (κ2) is 8.81. The predicted molar refractivity (Wildman–Crippen MR) is 112 cm³/mol. The largest absolute Gasteiger partial charge is 0.378 e. The molecule has 0 bridgehead atoms. The van der Waals surface area contributed by atoms with E-state index in [1.807, 2.05) is 24.3 Å². The first-order valence-corrected chi connectivity index (χ1v) is 9.61. The maximum atomic E-state index is 12.3. The smallest absolute Gasteiger partial charge is 0.257 e. The van der Waals surface area contributed by atoms with Crippen molar-refractivity contribution in [2.75, 3.05) is 36.5 Å². The van der Waals surface area contributed by atoms with E-state index in [-0.39, 0.29) is 11.0 Å². The van der Waals surface area contributed by atoms with Gasteiger partial charge in [-0.25, -0.2) is 0 Å². The molecule has 0 aliphatic carbocycles. The number of hydrogen-bond acceptors (Lipinski definition) is 4. The summed E-state index contributed by atoms with van der Waals surface area (Å²) in [7, 11) is 0. The highest BCUT2D eigenvalue weighted by Crippen LogP contribution is 2.34. The lowest BCUT2D eigenvalue weighted by Gasteiger charge is -2.31. The molecule has 0 atom stereocenters. The molecule has 26 heavy (non-hydrogen) atoms. The first-order chi connectivity index (χ1) is 12.5. The molecule has 0 saturated carbocycles. The number of carbonyl (C=O) groups excluding carboxylic acids is 1. The quantitative estimate of drug-likeness (QED) is 0.685. The van der Waals surface area contributed by atoms with Crippen molar-refractivity contribution in [3.05, 3.63) is 57.5 Å². The van der Waals surface area contributed by atoms with Gasteiger partial charge in [0.2, 0.25) is 0 Å². The van der Waals surface area contributed by atoms with Crippen LogP contribution in [0.25, 0.3) is 0 Å². The van der Waals surface area contributed by atoms with E-state index in [1.54, 1.807) is 18.2 Å². The fraction of sp³-hybridized carbons (Fsp3) is 0.222. The number of thiocarbonyl (C=S) groups is 1. The number of para-hydroxylation sites is 1. The Kier molecular flexibility index (Phi) is 6.48. The summed E-state index contributed by atoms with van der Waals surface area (Å²) in [5, 5.41) is 6.62. The molecule has 2 aromatic carbocycles. The van der Waals surface area contributed by atoms with Gasteiger partial charge in [-0.2, -0.15) is 0 Å². The topological polar surface area (TPSA) is 53.6 Å². The Balaban J connectivity index is 1.73. The molecule has 1 fully saturated rings. The van der Waals surface area contributed by atoms with Gasteiger partial charge in [0.25, 0.3) is 5.91 Å². The van der Waals surface area contributed by atoms with Crippen molar-refractivity contribution in [1.82, 2.24) is 5.32 Å². The molecule has 0 spiro atoms. The average Bonchev–Trinajstić information content (AvgIpc) is 2.62. The minimum atomic E-state index is -0.279. The molecular weight excluding hydrogens is 438 g/mol. The highest BCUT2D eigenvalue weighted by atomic mass is 79.9. The molecule has 1 aliphatic heterocycles. The van der Waals surface area contributed by atoms with E-state index in [4.69, 9.17) is 28.6 Å². The summed E-state index contributed by atoms with van der Waals surface area (Å²) >= 11 is 15.1. The van der Waals surface area contributed by atoms with Crippen LogP contribution in [0.4, 0.5) is 11.4 Å². The molecule has 1 amide bonds. The van der Waals surface area contributed by atoms with Crippen LogP contribution in [0.5, 0.6) is 0 Å². The maximum Gasteiger partial charge on any atom is 0.257 e. The molecule has 3 rings (SSSR count). The second-order valence-corrected chi connectivity index (χ2v) is 7.39. The maximum absolute atomic E-state index is 12.3. The molecule has 0 radical (unpaired) electrons. The van der Waals surface area contributed by atoms with Gasteiger partial charge >= 0.3 is 0 Å². The number of halogens is 2. The number of ether oxygens (including phenoxy) is 1. The highest BCUT2D eigenvalue weighted by molar-refractivity contribution is 9.10. The zero-order valence-electron chi connectivity index (χ0n) is 13.8. The molecule has 5 nitrogen and oxygen atoms in total. The van der Waals surface area contributed by atoms with Crippen LogP contribution >= 0.6 is 39.7 Å². The Labute approximate surface area is 170 Å². The van der Waals surface area contributed by atoms with Gasteiger partial charge < -0.3 is 15.0 Å². The number of hydrogen-bond donors (Lipinski definition) is 2. The molecule has 0 aromatic heterocycles. The van der Waals surface area contributed by atoms with Crippen LogP contribution in [-0.2, 0) is 4.74 Å². The molecule has 1 heterocycles. The first-order valence-electron chi connectivity index (χ1n) is 8.04. The minimum absolute atomic E-state index is 0.215. The van der Waals surface area contributed by atoms with E-state index in [2.05, 4.69) is 31.5 Å². The van der Waals surface area contributed by atoms with Crippen LogP contribution in [-0.4, -0.2) is 37.3 Å². The van der Waals surface area contributed by atoms with Crippen molar-refractivity contribution in [3.8, 4) is 0 Å². The lowest BCUT2D eigenvalue weighted by molar-refractivity contribution is 0.0977. The SMILES string of the molecule is O=C(NC(=S)Nc1cccc(Cl)c1N1CCOCC1)c1cccc(Br)c1. The molecule has 1 aliphatic rings. The molecule has 2 aromatic rings. The van der Waals surface area contributed by atoms with Gasteiger partial charge in [-0.1, -0.05) is 39.7 Å². The third-order valence-electron chi connectivity index (χ3n) is 3.88. The van der Waals surface area contributed by atoms with Crippen LogP contribution in [0.1, 0.15) is 10.4 Å². The molecule has 136 valence electrons. The Morgan fingerprint density at radius 1 is 1.19 bits per heavy atom. The van der Waals surface area contributed by atoms with Gasteiger partial charge in [0, 0.05) is 23.1 Å². The van der Waals surface area contributed by atoms with Crippen molar-refractivity contribution in [3.63, 3.8) is 0 Å². The Morgan fingerprint density at radius 2 is 1.92 bits per heavy atom. The molecule has 8 heteroatoms. The Morgan fingerprint density at radius 3 is 2.65 bits per heavy atom. The number of nitrogens with one attached hydrogen (secondary N) is 2. The summed E-state index contributed by atoms with van der Waals surface area (Å²) in [5.74, 6) is -0.279. The van der Waals surface area contributed by atoms with E-state index in [9.17, 15) is 4.79 Å². The van der Waals surface area contributed by atoms with Crippen LogP contribution in [0.2, 0.25) is 5.02 Å². The number of rotatable bonds is 3. The van der Waals surface area contributed by atoms with E-state index in [0.29, 0.717) is 23.8 Å². The van der Waals surface area contributed by atoms with Crippen molar-refractivity contribution in [2.45, 2.75) is 0 Å². The Bertz CT molecular complexity index is 828. The van der Waals surface area contributed by atoms with Crippen LogP contribution in [0.3, 0.4) is 0 Å². The lowest BCUT2D eigenvalue weighted by atomic mass is 10.2. The zero-order chi connectivity index (χ0) is 18.5. The lowest BCUT2D eigenvalue weighted by Crippen LogP contribution is -2.38. The third-order valence-corrected chi connectivity index (χ3v) is 4.88. The summed E-state index contributed by atoms with van der Waals surface area (Å²) in [6, 6.07) is 12.7. The summed E-state index contributed by atoms with van der Waals surface area (Å²) in [5.41, 5.74) is 2.12. The summed E-state index contributed by atoms with van der Waals surface area (Å²) in [4.78, 5) is 14.5. The minimum Gasteiger partial charge on any atom is -0.378 e. The van der Waals surface area contributed by atoms with Crippen LogP contribution in [0.15, 0.2) is 46.9 Å². The van der Waals surface area contributed by atoms with Crippen molar-refractivity contribution in [1.29, 1.82) is 0 Å². The van der Waals surface area contributed by atoms with Crippen molar-refractivity contribution in [2.24, 2.45) is 0 Å². The molecular formula is C18H17BrClN3O2S. The molecule has 0 unspecified atom stereocenters. The van der Waals surface area contributed by atoms with Gasteiger partial charge in [-0.3, -0.25) is 10.1 Å². The van der Waals surface area contributed by atoms with E-state index in [0.717, 1.165) is 28.9 Å². The first kappa shape index (κ1) is 19.1. The standard InChI is InChI=1S/C18H17BrClN3O2S/c19-13-4-1-3-12(11-13)17(24)22-18(26)21-15-6-2-5-14(20)16(15)23-7-9-25-10-8-23/h1-6,11H,7-10H2,(H2,21,22,24,26). The van der Waals surface area contributed by atoms with E-state index >= 15 is 0 Å². The molecule has 1 saturated heterocycles. The Hall–Kier alpha value is -1.67. The summed E-state index contributed by atoms with van der Waals surface area (Å²) in [6.07, 6.45) is 0. The zero-order valence-corrected chi connectivity index (χ0v) is 17.0. The van der Waals surface area contributed by atoms with Gasteiger partial charge in [-0.05, 0) is 42.5 Å². The number of anilines is 2. The fourth-order valence-corrected chi connectivity index (χ4v) is 3.58. The average molecular weight is 455 g/mol. The van der Waals surface area contributed by atoms with Gasteiger partial charge in [0.1, 0.15) is 0 Å². The monoisotopic (exact) mass is 453 g/mol. The van der Waals surface area contributed by atoms with Crippen LogP contribution < -0.4 is 15.5 Å². The third kappa shape index (κ3) is 4.73. The molecule has 2 N–H and O–H groups in total. The number of morpholine rings is 1. The van der Waals surface area contributed by atoms with Crippen LogP contribution in [0, 0.1) is 0 Å². The predicted octanol–water partition coefficient (Wildman–Crippen LogP) is 4.07. The van der Waals surface area contributed by atoms with E-state index in [1.165, 1.54) is 0 Å². The van der Waals surface area contributed by atoms with E-state index < -0.39 is 0 Å². The number of amides is 1. The van der Waals surface area contributed by atoms with Crippen molar-refractivity contribution >= 4 is 62.1 Å². The fourth-order valence-electron chi connectivity index (χ4n) is 2.68. The summed E-state index contributed by atoms with van der Waals surface area (Å²) < 4.78 is 6.23. The normalized spacial score (nSPS) is 14.0.